The smallest absolute Gasteiger partial charge is 0.251 e. The van der Waals surface area contributed by atoms with Gasteiger partial charge in [-0.15, -0.1) is 0 Å². The van der Waals surface area contributed by atoms with Crippen LogP contribution in [0.25, 0.3) is 11.1 Å². The van der Waals surface area contributed by atoms with Crippen molar-refractivity contribution in [3.63, 3.8) is 0 Å². The maximum Gasteiger partial charge on any atom is 0.251 e. The molecule has 0 heterocycles. The van der Waals surface area contributed by atoms with Crippen molar-refractivity contribution < 1.29 is 13.9 Å². The molecule has 0 aromatic heterocycles. The summed E-state index contributed by atoms with van der Waals surface area (Å²) in [6.07, 6.45) is 2.65. The quantitative estimate of drug-likeness (QED) is 0.906. The minimum atomic E-state index is -0.347. The van der Waals surface area contributed by atoms with Crippen LogP contribution >= 0.6 is 0 Å². The van der Waals surface area contributed by atoms with Gasteiger partial charge in [0.1, 0.15) is 11.6 Å². The largest absolute Gasteiger partial charge is 0.496 e. The molecule has 1 amide bonds. The first-order valence-electron chi connectivity index (χ1n) is 8.07. The standard InChI is InChI=1S/C19H21FN2O2/c1-24-18-8-5-14(20)10-17(18)12-3-2-4-13(9-12)19(23)22-16-7-6-15(21)11-16/h2-5,8-10,15-16H,6-7,11,21H2,1H3,(H,22,23)/t15-,16+/m1/s1. The Morgan fingerprint density at radius 2 is 2.08 bits per heavy atom. The van der Waals surface area contributed by atoms with Gasteiger partial charge < -0.3 is 15.8 Å². The summed E-state index contributed by atoms with van der Waals surface area (Å²) in [6.45, 7) is 0. The lowest BCUT2D eigenvalue weighted by Gasteiger charge is -2.14. The number of ether oxygens (including phenoxy) is 1. The molecular weight excluding hydrogens is 307 g/mol. The average molecular weight is 328 g/mol. The van der Waals surface area contributed by atoms with Crippen LogP contribution in [0.4, 0.5) is 4.39 Å². The molecule has 2 aromatic carbocycles. The zero-order valence-electron chi connectivity index (χ0n) is 13.6. The summed E-state index contributed by atoms with van der Waals surface area (Å²) in [5.74, 6) is 0.0858. The normalized spacial score (nSPS) is 20.0. The van der Waals surface area contributed by atoms with Crippen LogP contribution in [-0.4, -0.2) is 25.1 Å². The van der Waals surface area contributed by atoms with Gasteiger partial charge in [0, 0.05) is 23.2 Å². The molecule has 3 N–H and O–H groups in total. The lowest BCUT2D eigenvalue weighted by Crippen LogP contribution is -2.34. The molecular formula is C19H21FN2O2. The summed E-state index contributed by atoms with van der Waals surface area (Å²) in [5.41, 5.74) is 7.78. The molecule has 0 spiro atoms. The van der Waals surface area contributed by atoms with Crippen molar-refractivity contribution >= 4 is 5.91 Å². The molecule has 1 saturated carbocycles. The Kier molecular flexibility index (Phi) is 4.81. The van der Waals surface area contributed by atoms with Crippen molar-refractivity contribution in [1.29, 1.82) is 0 Å². The van der Waals surface area contributed by atoms with Crippen LogP contribution in [0.3, 0.4) is 0 Å². The minimum Gasteiger partial charge on any atom is -0.496 e. The zero-order chi connectivity index (χ0) is 17.1. The van der Waals surface area contributed by atoms with Gasteiger partial charge in [0.25, 0.3) is 5.91 Å². The molecule has 0 bridgehead atoms. The van der Waals surface area contributed by atoms with Gasteiger partial charge in [0.2, 0.25) is 0 Å². The van der Waals surface area contributed by atoms with Crippen molar-refractivity contribution in [2.45, 2.75) is 31.3 Å². The number of carbonyl (C=O) groups excluding carboxylic acids is 1. The Hall–Kier alpha value is -2.40. The van der Waals surface area contributed by atoms with Gasteiger partial charge in [0.05, 0.1) is 7.11 Å². The van der Waals surface area contributed by atoms with E-state index in [4.69, 9.17) is 10.5 Å². The third-order valence-electron chi connectivity index (χ3n) is 4.41. The van der Waals surface area contributed by atoms with Crippen molar-refractivity contribution in [2.24, 2.45) is 5.73 Å². The summed E-state index contributed by atoms with van der Waals surface area (Å²) in [4.78, 5) is 12.5. The lowest BCUT2D eigenvalue weighted by molar-refractivity contribution is 0.0937. The van der Waals surface area contributed by atoms with Gasteiger partial charge in [0.15, 0.2) is 0 Å². The topological polar surface area (TPSA) is 64.3 Å². The van der Waals surface area contributed by atoms with Crippen LogP contribution in [0.1, 0.15) is 29.6 Å². The van der Waals surface area contributed by atoms with Crippen molar-refractivity contribution in [1.82, 2.24) is 5.32 Å². The molecule has 0 unspecified atom stereocenters. The Bertz CT molecular complexity index is 748. The highest BCUT2D eigenvalue weighted by atomic mass is 19.1. The van der Waals surface area contributed by atoms with E-state index in [0.717, 1.165) is 24.8 Å². The van der Waals surface area contributed by atoms with Gasteiger partial charge in [-0.2, -0.15) is 0 Å². The molecule has 5 heteroatoms. The molecule has 24 heavy (non-hydrogen) atoms. The third-order valence-corrected chi connectivity index (χ3v) is 4.41. The van der Waals surface area contributed by atoms with Crippen LogP contribution in [-0.2, 0) is 0 Å². The van der Waals surface area contributed by atoms with Crippen molar-refractivity contribution in [3.8, 4) is 16.9 Å². The number of methoxy groups -OCH3 is 1. The van der Waals surface area contributed by atoms with E-state index >= 15 is 0 Å². The fraction of sp³-hybridized carbons (Fsp3) is 0.316. The molecule has 1 aliphatic carbocycles. The lowest BCUT2D eigenvalue weighted by atomic mass is 10.0. The average Bonchev–Trinajstić information content (AvgIpc) is 2.99. The van der Waals surface area contributed by atoms with E-state index in [2.05, 4.69) is 5.32 Å². The second-order valence-corrected chi connectivity index (χ2v) is 6.17. The highest BCUT2D eigenvalue weighted by molar-refractivity contribution is 5.95. The SMILES string of the molecule is COc1ccc(F)cc1-c1cccc(C(=O)N[C@H]2CC[C@@H](N)C2)c1. The second kappa shape index (κ2) is 7.01. The number of nitrogens with two attached hydrogens (primary N) is 1. The predicted molar refractivity (Wildman–Crippen MR) is 91.5 cm³/mol. The van der Waals surface area contributed by atoms with E-state index in [1.54, 1.807) is 24.3 Å². The Balaban J connectivity index is 1.84. The number of amides is 1. The number of halogens is 1. The number of rotatable bonds is 4. The van der Waals surface area contributed by atoms with E-state index in [9.17, 15) is 9.18 Å². The van der Waals surface area contributed by atoms with E-state index in [1.807, 2.05) is 6.07 Å². The Morgan fingerprint density at radius 1 is 1.25 bits per heavy atom. The molecule has 0 aliphatic heterocycles. The van der Waals surface area contributed by atoms with E-state index in [1.165, 1.54) is 19.2 Å². The van der Waals surface area contributed by atoms with Crippen LogP contribution in [0.5, 0.6) is 5.75 Å². The molecule has 3 rings (SSSR count). The molecule has 1 aliphatic rings. The van der Waals surface area contributed by atoms with Crippen LogP contribution in [0.15, 0.2) is 42.5 Å². The maximum absolute atomic E-state index is 13.6. The van der Waals surface area contributed by atoms with Gasteiger partial charge in [-0.3, -0.25) is 4.79 Å². The highest BCUT2D eigenvalue weighted by Gasteiger charge is 2.23. The van der Waals surface area contributed by atoms with Crippen molar-refractivity contribution in [2.75, 3.05) is 7.11 Å². The molecule has 2 aromatic rings. The first-order valence-corrected chi connectivity index (χ1v) is 8.07. The number of benzene rings is 2. The van der Waals surface area contributed by atoms with Crippen LogP contribution in [0, 0.1) is 5.82 Å². The summed E-state index contributed by atoms with van der Waals surface area (Å²) in [5, 5.41) is 3.02. The second-order valence-electron chi connectivity index (χ2n) is 6.17. The first kappa shape index (κ1) is 16.5. The van der Waals surface area contributed by atoms with E-state index in [-0.39, 0.29) is 23.8 Å². The molecule has 4 nitrogen and oxygen atoms in total. The predicted octanol–water partition coefficient (Wildman–Crippen LogP) is 3.11. The highest BCUT2D eigenvalue weighted by Crippen LogP contribution is 2.31. The number of carbonyl (C=O) groups is 1. The molecule has 0 saturated heterocycles. The van der Waals surface area contributed by atoms with Crippen molar-refractivity contribution in [3.05, 3.63) is 53.8 Å². The molecule has 0 radical (unpaired) electrons. The fourth-order valence-corrected chi connectivity index (χ4v) is 3.15. The summed E-state index contributed by atoms with van der Waals surface area (Å²) in [7, 11) is 1.54. The third kappa shape index (κ3) is 3.57. The zero-order valence-corrected chi connectivity index (χ0v) is 13.6. The van der Waals surface area contributed by atoms with Gasteiger partial charge >= 0.3 is 0 Å². The maximum atomic E-state index is 13.6. The first-order chi connectivity index (χ1) is 11.6. The summed E-state index contributed by atoms with van der Waals surface area (Å²) in [6, 6.07) is 11.7. The summed E-state index contributed by atoms with van der Waals surface area (Å²) < 4.78 is 18.9. The summed E-state index contributed by atoms with van der Waals surface area (Å²) >= 11 is 0. The number of nitrogens with one attached hydrogen (secondary N) is 1. The Labute approximate surface area is 140 Å². The number of hydrogen-bond donors (Lipinski definition) is 2. The molecule has 1 fully saturated rings. The molecule has 2 atom stereocenters. The monoisotopic (exact) mass is 328 g/mol. The van der Waals surface area contributed by atoms with Gasteiger partial charge in [-0.05, 0) is 55.2 Å². The Morgan fingerprint density at radius 3 is 2.79 bits per heavy atom. The number of hydrogen-bond acceptors (Lipinski definition) is 3. The molecule has 126 valence electrons. The van der Waals surface area contributed by atoms with Gasteiger partial charge in [-0.1, -0.05) is 12.1 Å². The van der Waals surface area contributed by atoms with Crippen LogP contribution in [0.2, 0.25) is 0 Å². The van der Waals surface area contributed by atoms with E-state index < -0.39 is 0 Å². The fourth-order valence-electron chi connectivity index (χ4n) is 3.15. The minimum absolute atomic E-state index is 0.125. The van der Waals surface area contributed by atoms with Crippen LogP contribution < -0.4 is 15.8 Å². The van der Waals surface area contributed by atoms with E-state index in [0.29, 0.717) is 16.9 Å². The van der Waals surface area contributed by atoms with Gasteiger partial charge in [-0.25, -0.2) is 4.39 Å².